The molecule has 2 aromatic carbocycles. The van der Waals surface area contributed by atoms with Gasteiger partial charge in [0.05, 0.1) is 12.0 Å². The van der Waals surface area contributed by atoms with Crippen molar-refractivity contribution in [2.45, 2.75) is 19.6 Å². The van der Waals surface area contributed by atoms with Crippen molar-refractivity contribution in [3.63, 3.8) is 0 Å². The number of aromatic nitrogens is 3. The second kappa shape index (κ2) is 7.07. The highest BCUT2D eigenvalue weighted by Crippen LogP contribution is 2.38. The second-order valence-electron chi connectivity index (χ2n) is 6.56. The Kier molecular flexibility index (Phi) is 4.46. The van der Waals surface area contributed by atoms with Crippen molar-refractivity contribution in [2.75, 3.05) is 5.32 Å². The molecule has 0 amide bonds. The van der Waals surface area contributed by atoms with Gasteiger partial charge in [0.1, 0.15) is 24.5 Å². The first-order chi connectivity index (χ1) is 13.1. The zero-order valence-electron chi connectivity index (χ0n) is 15.0. The van der Waals surface area contributed by atoms with Gasteiger partial charge in [-0.25, -0.2) is 4.68 Å². The molecule has 136 valence electrons. The van der Waals surface area contributed by atoms with Gasteiger partial charge in [-0.15, -0.1) is 0 Å². The van der Waals surface area contributed by atoms with Crippen molar-refractivity contribution >= 4 is 11.7 Å². The zero-order chi connectivity index (χ0) is 18.8. The van der Waals surface area contributed by atoms with Crippen LogP contribution in [-0.4, -0.2) is 20.5 Å². The maximum Gasteiger partial charge on any atom is 0.226 e. The van der Waals surface area contributed by atoms with Crippen LogP contribution in [0, 0.1) is 5.92 Å². The van der Waals surface area contributed by atoms with Crippen LogP contribution in [0.3, 0.4) is 0 Å². The number of hydrogen-bond acceptors (Lipinski definition) is 5. The van der Waals surface area contributed by atoms with Gasteiger partial charge in [-0.05, 0) is 30.2 Å². The first kappa shape index (κ1) is 17.0. The number of hydrogen-bond donors (Lipinski definition) is 1. The SMILES string of the molecule is C=C1Nc2ncnn2C(c2cccc(OCc3ccccc3)c2)C1C(C)=O. The van der Waals surface area contributed by atoms with E-state index < -0.39 is 5.92 Å². The maximum atomic E-state index is 12.3. The van der Waals surface area contributed by atoms with Crippen LogP contribution in [0.5, 0.6) is 5.75 Å². The Bertz CT molecular complexity index is 981. The highest BCUT2D eigenvalue weighted by Gasteiger charge is 2.37. The van der Waals surface area contributed by atoms with Gasteiger partial charge < -0.3 is 10.1 Å². The Morgan fingerprint density at radius 2 is 2.04 bits per heavy atom. The zero-order valence-corrected chi connectivity index (χ0v) is 15.0. The normalized spacial score (nSPS) is 18.5. The van der Waals surface area contributed by atoms with Crippen molar-refractivity contribution in [1.29, 1.82) is 0 Å². The fourth-order valence-corrected chi connectivity index (χ4v) is 3.43. The van der Waals surface area contributed by atoms with E-state index in [1.54, 1.807) is 11.6 Å². The smallest absolute Gasteiger partial charge is 0.226 e. The van der Waals surface area contributed by atoms with E-state index in [-0.39, 0.29) is 11.8 Å². The van der Waals surface area contributed by atoms with Crippen LogP contribution < -0.4 is 10.1 Å². The lowest BCUT2D eigenvalue weighted by Crippen LogP contribution is -2.35. The molecule has 0 bridgehead atoms. The highest BCUT2D eigenvalue weighted by atomic mass is 16.5. The van der Waals surface area contributed by atoms with Crippen LogP contribution in [0.2, 0.25) is 0 Å². The molecule has 0 fully saturated rings. The standard InChI is InChI=1S/C21H20N4O2/c1-14-19(15(2)26)20(25-21(24-14)22-13-23-25)17-9-6-10-18(11-17)27-12-16-7-4-3-5-8-16/h3-11,13,19-20H,1,12H2,2H3,(H,22,23,24). The molecule has 1 N–H and O–H groups in total. The number of nitrogens with zero attached hydrogens (tertiary/aromatic N) is 3. The van der Waals surface area contributed by atoms with Gasteiger partial charge in [0.15, 0.2) is 0 Å². The van der Waals surface area contributed by atoms with Crippen molar-refractivity contribution in [1.82, 2.24) is 14.8 Å². The van der Waals surface area contributed by atoms with Gasteiger partial charge >= 0.3 is 0 Å². The molecule has 3 aromatic rings. The molecular weight excluding hydrogens is 340 g/mol. The van der Waals surface area contributed by atoms with Gasteiger partial charge in [0.2, 0.25) is 5.95 Å². The Balaban J connectivity index is 1.65. The van der Waals surface area contributed by atoms with Gasteiger partial charge in [-0.2, -0.15) is 10.1 Å². The van der Waals surface area contributed by atoms with Crippen LogP contribution >= 0.6 is 0 Å². The fraction of sp³-hybridized carbons (Fsp3) is 0.190. The molecule has 27 heavy (non-hydrogen) atoms. The molecule has 2 unspecified atom stereocenters. The quantitative estimate of drug-likeness (QED) is 0.753. The van der Waals surface area contributed by atoms with Crippen molar-refractivity contribution in [2.24, 2.45) is 5.92 Å². The van der Waals surface area contributed by atoms with E-state index in [4.69, 9.17) is 4.74 Å². The molecule has 0 saturated carbocycles. The van der Waals surface area contributed by atoms with Gasteiger partial charge in [0, 0.05) is 5.70 Å². The summed E-state index contributed by atoms with van der Waals surface area (Å²) in [5, 5.41) is 7.39. The third-order valence-electron chi connectivity index (χ3n) is 4.69. The first-order valence-electron chi connectivity index (χ1n) is 8.76. The van der Waals surface area contributed by atoms with Crippen molar-refractivity contribution in [3.05, 3.63) is 84.3 Å². The molecule has 2 heterocycles. The summed E-state index contributed by atoms with van der Waals surface area (Å²) in [6.07, 6.45) is 1.47. The number of ketones is 1. The number of anilines is 1. The highest BCUT2D eigenvalue weighted by molar-refractivity contribution is 5.83. The molecule has 0 radical (unpaired) electrons. The number of Topliss-reactive ketones (excluding diaryl/α,β-unsaturated/α-hetero) is 1. The third-order valence-corrected chi connectivity index (χ3v) is 4.69. The number of allylic oxidation sites excluding steroid dienone is 1. The lowest BCUT2D eigenvalue weighted by Gasteiger charge is -2.33. The average molecular weight is 360 g/mol. The van der Waals surface area contributed by atoms with Crippen molar-refractivity contribution < 1.29 is 9.53 Å². The molecule has 0 saturated heterocycles. The van der Waals surface area contributed by atoms with E-state index in [0.29, 0.717) is 18.3 Å². The second-order valence-corrected chi connectivity index (χ2v) is 6.56. The van der Waals surface area contributed by atoms with E-state index in [2.05, 4.69) is 22.0 Å². The first-order valence-corrected chi connectivity index (χ1v) is 8.76. The summed E-state index contributed by atoms with van der Waals surface area (Å²) in [5.41, 5.74) is 2.65. The van der Waals surface area contributed by atoms with Gasteiger partial charge in [-0.3, -0.25) is 4.79 Å². The Hall–Kier alpha value is -3.41. The van der Waals surface area contributed by atoms with Gasteiger partial charge in [0.25, 0.3) is 0 Å². The number of nitrogens with one attached hydrogen (secondary N) is 1. The number of rotatable bonds is 5. The molecule has 4 rings (SSSR count). The minimum Gasteiger partial charge on any atom is -0.489 e. The van der Waals surface area contributed by atoms with E-state index in [1.165, 1.54) is 6.33 Å². The number of carbonyl (C=O) groups excluding carboxylic acids is 1. The monoisotopic (exact) mass is 360 g/mol. The molecule has 2 atom stereocenters. The lowest BCUT2D eigenvalue weighted by molar-refractivity contribution is -0.120. The summed E-state index contributed by atoms with van der Waals surface area (Å²) in [5.74, 6) is 0.917. The number of ether oxygens (including phenoxy) is 1. The van der Waals surface area contributed by atoms with Crippen LogP contribution in [0.4, 0.5) is 5.95 Å². The summed E-state index contributed by atoms with van der Waals surface area (Å²) in [7, 11) is 0. The van der Waals surface area contributed by atoms with Crippen LogP contribution in [-0.2, 0) is 11.4 Å². The Morgan fingerprint density at radius 3 is 2.81 bits per heavy atom. The Labute approximate surface area is 157 Å². The predicted molar refractivity (Wildman–Crippen MR) is 102 cm³/mol. The van der Waals surface area contributed by atoms with E-state index >= 15 is 0 Å². The molecule has 0 aliphatic carbocycles. The number of benzene rings is 2. The van der Waals surface area contributed by atoms with Gasteiger partial charge in [-0.1, -0.05) is 49.0 Å². The summed E-state index contributed by atoms with van der Waals surface area (Å²) >= 11 is 0. The fourth-order valence-electron chi connectivity index (χ4n) is 3.43. The van der Waals surface area contributed by atoms with Crippen LogP contribution in [0.25, 0.3) is 0 Å². The summed E-state index contributed by atoms with van der Waals surface area (Å²) in [6, 6.07) is 17.4. The van der Waals surface area contributed by atoms with Crippen LogP contribution in [0.1, 0.15) is 24.1 Å². The number of fused-ring (bicyclic) bond motifs is 1. The third kappa shape index (κ3) is 3.33. The summed E-state index contributed by atoms with van der Waals surface area (Å²) < 4.78 is 7.68. The number of carbonyl (C=O) groups is 1. The maximum absolute atomic E-state index is 12.3. The molecule has 1 aliphatic heterocycles. The molecule has 1 aromatic heterocycles. The molecule has 0 spiro atoms. The molecular formula is C21H20N4O2. The average Bonchev–Trinajstić information content (AvgIpc) is 3.14. The van der Waals surface area contributed by atoms with Crippen molar-refractivity contribution in [3.8, 4) is 5.75 Å². The molecule has 6 nitrogen and oxygen atoms in total. The predicted octanol–water partition coefficient (Wildman–Crippen LogP) is 3.59. The van der Waals surface area contributed by atoms with E-state index in [1.807, 2.05) is 54.6 Å². The summed E-state index contributed by atoms with van der Waals surface area (Å²) in [6.45, 7) is 6.08. The van der Waals surface area contributed by atoms with E-state index in [9.17, 15) is 4.79 Å². The minimum atomic E-state index is -0.427. The molecule has 6 heteroatoms. The van der Waals surface area contributed by atoms with Crippen LogP contribution in [0.15, 0.2) is 73.2 Å². The molecule has 1 aliphatic rings. The summed E-state index contributed by atoms with van der Waals surface area (Å²) in [4.78, 5) is 16.5. The lowest BCUT2D eigenvalue weighted by atomic mass is 9.86. The topological polar surface area (TPSA) is 69.0 Å². The largest absolute Gasteiger partial charge is 0.489 e. The Morgan fingerprint density at radius 1 is 1.22 bits per heavy atom. The van der Waals surface area contributed by atoms with E-state index in [0.717, 1.165) is 16.9 Å². The minimum absolute atomic E-state index is 0.0225.